The predicted octanol–water partition coefficient (Wildman–Crippen LogP) is 2.95. The first-order chi connectivity index (χ1) is 13.5. The zero-order valence-corrected chi connectivity index (χ0v) is 16.3. The van der Waals surface area contributed by atoms with Gasteiger partial charge in [0.15, 0.2) is 5.17 Å². The first-order valence-corrected chi connectivity index (χ1v) is 9.50. The van der Waals surface area contributed by atoms with E-state index in [2.05, 4.69) is 20.8 Å². The highest BCUT2D eigenvalue weighted by molar-refractivity contribution is 8.15. The highest BCUT2D eigenvalue weighted by atomic mass is 32.2. The summed E-state index contributed by atoms with van der Waals surface area (Å²) in [4.78, 5) is 24.3. The lowest BCUT2D eigenvalue weighted by Crippen LogP contribution is -2.28. The summed E-state index contributed by atoms with van der Waals surface area (Å²) in [6, 6.07) is 14.9. The summed E-state index contributed by atoms with van der Waals surface area (Å²) < 4.78 is 5.13. The van der Waals surface area contributed by atoms with Crippen molar-refractivity contribution in [2.45, 2.75) is 18.6 Å². The number of amides is 2. The first kappa shape index (κ1) is 19.6. The Bertz CT molecular complexity index is 925. The molecule has 144 valence electrons. The number of hydrogen-bond acceptors (Lipinski definition) is 6. The molecule has 1 atom stereocenters. The van der Waals surface area contributed by atoms with Gasteiger partial charge in [-0.15, -0.1) is 5.10 Å². The molecule has 0 saturated carbocycles. The van der Waals surface area contributed by atoms with E-state index >= 15 is 0 Å². The summed E-state index contributed by atoms with van der Waals surface area (Å²) in [6.07, 6.45) is 1.65. The highest BCUT2D eigenvalue weighted by Gasteiger charge is 2.32. The molecule has 2 aromatic carbocycles. The van der Waals surface area contributed by atoms with Crippen molar-refractivity contribution >= 4 is 40.6 Å². The smallest absolute Gasteiger partial charge is 0.240 e. The Morgan fingerprint density at radius 2 is 2.07 bits per heavy atom. The van der Waals surface area contributed by atoms with E-state index in [1.54, 1.807) is 37.6 Å². The third-order valence-corrected chi connectivity index (χ3v) is 5.01. The van der Waals surface area contributed by atoms with Gasteiger partial charge in [-0.2, -0.15) is 5.10 Å². The van der Waals surface area contributed by atoms with Crippen LogP contribution in [0.3, 0.4) is 0 Å². The predicted molar refractivity (Wildman–Crippen MR) is 112 cm³/mol. The summed E-state index contributed by atoms with van der Waals surface area (Å²) in [5.74, 6) is 0.132. The van der Waals surface area contributed by atoms with E-state index in [4.69, 9.17) is 4.74 Å². The van der Waals surface area contributed by atoms with Gasteiger partial charge in [0.05, 0.1) is 13.3 Å². The minimum atomic E-state index is -0.543. The van der Waals surface area contributed by atoms with E-state index in [1.807, 2.05) is 31.2 Å². The molecule has 2 amide bonds. The fourth-order valence-electron chi connectivity index (χ4n) is 2.47. The molecule has 7 nitrogen and oxygen atoms in total. The van der Waals surface area contributed by atoms with Gasteiger partial charge in [-0.25, -0.2) is 0 Å². The first-order valence-electron chi connectivity index (χ1n) is 8.62. The maximum Gasteiger partial charge on any atom is 0.240 e. The number of carbonyl (C=O) groups excluding carboxylic acids is 2. The van der Waals surface area contributed by atoms with Crippen LogP contribution in [0.1, 0.15) is 17.5 Å². The molecule has 28 heavy (non-hydrogen) atoms. The Morgan fingerprint density at radius 1 is 1.29 bits per heavy atom. The zero-order valence-electron chi connectivity index (χ0n) is 15.5. The largest absolute Gasteiger partial charge is 0.497 e. The lowest BCUT2D eigenvalue weighted by atomic mass is 10.2. The Labute approximate surface area is 167 Å². The quantitative estimate of drug-likeness (QED) is 0.580. The molecule has 2 N–H and O–H groups in total. The second kappa shape index (κ2) is 9.18. The highest BCUT2D eigenvalue weighted by Crippen LogP contribution is 2.23. The number of hydrogen-bond donors (Lipinski definition) is 2. The van der Waals surface area contributed by atoms with Crippen LogP contribution in [0.4, 0.5) is 5.69 Å². The van der Waals surface area contributed by atoms with Gasteiger partial charge in [-0.3, -0.25) is 9.59 Å². The second-order valence-corrected chi connectivity index (χ2v) is 7.33. The van der Waals surface area contributed by atoms with Gasteiger partial charge in [-0.1, -0.05) is 47.7 Å². The third-order valence-electron chi connectivity index (χ3n) is 3.93. The molecule has 0 aliphatic carbocycles. The van der Waals surface area contributed by atoms with Crippen LogP contribution in [-0.2, 0) is 9.59 Å². The number of nitrogens with zero attached hydrogens (tertiary/aromatic N) is 2. The molecule has 2 aromatic rings. The summed E-state index contributed by atoms with van der Waals surface area (Å²) in [5.41, 5.74) is 2.69. The Morgan fingerprint density at radius 3 is 2.82 bits per heavy atom. The molecule has 0 aromatic heterocycles. The molecule has 0 radical (unpaired) electrons. The number of aryl methyl sites for hydroxylation is 1. The molecule has 8 heteroatoms. The number of thioether (sulfide) groups is 1. The molecule has 0 spiro atoms. The standard InChI is InChI=1S/C20H20N4O3S/c1-13-6-8-14(9-7-13)12-21-24-20-23-19(26)17(28-20)11-18(25)22-15-4-3-5-16(10-15)27-2/h3-10,12,17H,11H2,1-2H3,(H,22,25)(H,23,24,26)/b21-12-/t17-/m0/s1. The van der Waals surface area contributed by atoms with E-state index in [1.165, 1.54) is 11.8 Å². The second-order valence-electron chi connectivity index (χ2n) is 6.14. The topological polar surface area (TPSA) is 92.2 Å². The number of rotatable bonds is 6. The fourth-order valence-corrected chi connectivity index (χ4v) is 3.39. The number of anilines is 1. The summed E-state index contributed by atoms with van der Waals surface area (Å²) in [5, 5.41) is 13.3. The maximum absolute atomic E-state index is 12.2. The number of ether oxygens (including phenoxy) is 1. The zero-order chi connectivity index (χ0) is 19.9. The van der Waals surface area contributed by atoms with E-state index in [0.29, 0.717) is 16.6 Å². The average Bonchev–Trinajstić information content (AvgIpc) is 3.02. The van der Waals surface area contributed by atoms with Gasteiger partial charge in [0.25, 0.3) is 0 Å². The van der Waals surface area contributed by atoms with Crippen molar-refractivity contribution in [1.29, 1.82) is 0 Å². The van der Waals surface area contributed by atoms with Gasteiger partial charge < -0.3 is 15.4 Å². The minimum absolute atomic E-state index is 0.0361. The van der Waals surface area contributed by atoms with E-state index in [9.17, 15) is 9.59 Å². The molecule has 1 aliphatic rings. The van der Waals surface area contributed by atoms with Crippen LogP contribution in [0, 0.1) is 6.92 Å². The summed E-state index contributed by atoms with van der Waals surface area (Å²) in [7, 11) is 1.56. The molecule has 1 fully saturated rings. The molecule has 1 heterocycles. The molecular weight excluding hydrogens is 376 g/mol. The van der Waals surface area contributed by atoms with Crippen LogP contribution in [0.15, 0.2) is 58.7 Å². The van der Waals surface area contributed by atoms with E-state index < -0.39 is 5.25 Å². The molecule has 1 aliphatic heterocycles. The van der Waals surface area contributed by atoms with Crippen LogP contribution < -0.4 is 15.4 Å². The van der Waals surface area contributed by atoms with Crippen LogP contribution >= 0.6 is 11.8 Å². The fraction of sp³-hybridized carbons (Fsp3) is 0.200. The van der Waals surface area contributed by atoms with Crippen LogP contribution in [0.5, 0.6) is 5.75 Å². The van der Waals surface area contributed by atoms with Crippen molar-refractivity contribution in [2.75, 3.05) is 12.4 Å². The van der Waals surface area contributed by atoms with Crippen LogP contribution in [0.2, 0.25) is 0 Å². The average molecular weight is 396 g/mol. The van der Waals surface area contributed by atoms with Gasteiger partial charge in [0, 0.05) is 18.2 Å². The van der Waals surface area contributed by atoms with E-state index in [-0.39, 0.29) is 18.2 Å². The molecular formula is C20H20N4O3S. The van der Waals surface area contributed by atoms with Crippen LogP contribution in [-0.4, -0.2) is 35.6 Å². The normalized spacial score (nSPS) is 17.7. The number of benzene rings is 2. The van der Waals surface area contributed by atoms with Gasteiger partial charge in [-0.05, 0) is 24.6 Å². The maximum atomic E-state index is 12.2. The minimum Gasteiger partial charge on any atom is -0.497 e. The van der Waals surface area contributed by atoms with Crippen molar-refractivity contribution in [2.24, 2.45) is 10.2 Å². The summed E-state index contributed by atoms with van der Waals surface area (Å²) >= 11 is 1.19. The van der Waals surface area contributed by atoms with Gasteiger partial charge in [0.1, 0.15) is 11.0 Å². The number of amidine groups is 1. The third kappa shape index (κ3) is 5.43. The van der Waals surface area contributed by atoms with Crippen molar-refractivity contribution in [3.63, 3.8) is 0 Å². The van der Waals surface area contributed by atoms with Crippen molar-refractivity contribution in [1.82, 2.24) is 5.32 Å². The van der Waals surface area contributed by atoms with Crippen LogP contribution in [0.25, 0.3) is 0 Å². The van der Waals surface area contributed by atoms with Gasteiger partial charge >= 0.3 is 0 Å². The Hall–Kier alpha value is -3.13. The van der Waals surface area contributed by atoms with Crippen molar-refractivity contribution in [3.8, 4) is 5.75 Å². The lowest BCUT2D eigenvalue weighted by molar-refractivity contribution is -0.122. The number of nitrogens with one attached hydrogen (secondary N) is 2. The Balaban J connectivity index is 1.54. The molecule has 0 unspecified atom stereocenters. The number of methoxy groups -OCH3 is 1. The SMILES string of the molecule is COc1cccc(NC(=O)C[C@@H]2S/C(=N/N=C\c3ccc(C)cc3)NC2=O)c1. The monoisotopic (exact) mass is 396 g/mol. The number of carbonyl (C=O) groups is 2. The van der Waals surface area contributed by atoms with Crippen molar-refractivity contribution < 1.29 is 14.3 Å². The summed E-state index contributed by atoms with van der Waals surface area (Å²) in [6.45, 7) is 2.01. The lowest BCUT2D eigenvalue weighted by Gasteiger charge is -2.08. The molecule has 0 bridgehead atoms. The Kier molecular flexibility index (Phi) is 6.44. The van der Waals surface area contributed by atoms with E-state index in [0.717, 1.165) is 11.1 Å². The molecule has 1 saturated heterocycles. The molecule has 3 rings (SSSR count). The van der Waals surface area contributed by atoms with Crippen molar-refractivity contribution in [3.05, 3.63) is 59.7 Å². The van der Waals surface area contributed by atoms with Gasteiger partial charge in [0.2, 0.25) is 11.8 Å².